The van der Waals surface area contributed by atoms with E-state index in [1.165, 1.54) is 0 Å². The summed E-state index contributed by atoms with van der Waals surface area (Å²) in [5.74, 6) is -1.41. The molecule has 2 rings (SSSR count). The number of ether oxygens (including phenoxy) is 2. The maximum atomic E-state index is 14.5. The normalized spacial score (nSPS) is 13.7. The van der Waals surface area contributed by atoms with Crippen molar-refractivity contribution in [2.75, 3.05) is 6.54 Å². The lowest BCUT2D eigenvalue weighted by Crippen LogP contribution is -2.55. The SMILES string of the molecule is CCCCN(C(=O)C(CC(C)C)NC(=O)OC(C)(C)C)C(C(=O)NC(Cc1ccccc1)C(=O)OC(C)(C)C)c1ccccc1C. The summed E-state index contributed by atoms with van der Waals surface area (Å²) >= 11 is 0. The highest BCUT2D eigenvalue weighted by molar-refractivity contribution is 5.94. The fourth-order valence-electron chi connectivity index (χ4n) is 5.05. The zero-order chi connectivity index (χ0) is 34.7. The Morgan fingerprint density at radius 2 is 1.39 bits per heavy atom. The molecule has 2 aromatic rings. The van der Waals surface area contributed by atoms with Crippen molar-refractivity contribution < 1.29 is 28.7 Å². The minimum absolute atomic E-state index is 0.0603. The van der Waals surface area contributed by atoms with Crippen molar-refractivity contribution in [2.45, 2.75) is 124 Å². The van der Waals surface area contributed by atoms with Gasteiger partial charge in [-0.2, -0.15) is 0 Å². The van der Waals surface area contributed by atoms with E-state index in [-0.39, 0.29) is 18.9 Å². The fraction of sp³-hybridized carbons (Fsp3) is 0.568. The fourth-order valence-corrected chi connectivity index (χ4v) is 5.05. The van der Waals surface area contributed by atoms with E-state index in [0.717, 1.165) is 17.5 Å². The predicted octanol–water partition coefficient (Wildman–Crippen LogP) is 6.67. The number of nitrogens with zero attached hydrogens (tertiary/aromatic N) is 1. The third-order valence-corrected chi connectivity index (χ3v) is 7.07. The molecule has 2 aromatic carbocycles. The van der Waals surface area contributed by atoms with Gasteiger partial charge in [0.2, 0.25) is 11.8 Å². The zero-order valence-corrected chi connectivity index (χ0v) is 29.4. The zero-order valence-electron chi connectivity index (χ0n) is 29.4. The Kier molecular flexibility index (Phi) is 14.3. The molecule has 0 bridgehead atoms. The number of hydrogen-bond acceptors (Lipinski definition) is 6. The van der Waals surface area contributed by atoms with E-state index in [4.69, 9.17) is 9.47 Å². The van der Waals surface area contributed by atoms with Crippen molar-refractivity contribution in [2.24, 2.45) is 5.92 Å². The van der Waals surface area contributed by atoms with Crippen molar-refractivity contribution in [3.63, 3.8) is 0 Å². The Balaban J connectivity index is 2.61. The highest BCUT2D eigenvalue weighted by Gasteiger charge is 2.38. The van der Waals surface area contributed by atoms with Crippen molar-refractivity contribution in [3.05, 3.63) is 71.3 Å². The van der Waals surface area contributed by atoms with Crippen LogP contribution in [0.1, 0.15) is 104 Å². The smallest absolute Gasteiger partial charge is 0.408 e. The van der Waals surface area contributed by atoms with Crippen molar-refractivity contribution in [1.82, 2.24) is 15.5 Å². The van der Waals surface area contributed by atoms with E-state index in [2.05, 4.69) is 10.6 Å². The number of carbonyl (C=O) groups excluding carboxylic acids is 4. The van der Waals surface area contributed by atoms with Crippen molar-refractivity contribution >= 4 is 23.9 Å². The molecule has 2 N–H and O–H groups in total. The van der Waals surface area contributed by atoms with Gasteiger partial charge in [-0.05, 0) is 83.9 Å². The molecular formula is C37H55N3O6. The Morgan fingerprint density at radius 3 is 1.93 bits per heavy atom. The lowest BCUT2D eigenvalue weighted by molar-refractivity contribution is -0.159. The van der Waals surface area contributed by atoms with E-state index < -0.39 is 53.2 Å². The van der Waals surface area contributed by atoms with E-state index in [1.807, 2.05) is 82.3 Å². The number of unbranched alkanes of at least 4 members (excludes halogenated alkanes) is 1. The molecular weight excluding hydrogens is 582 g/mol. The molecule has 0 saturated carbocycles. The summed E-state index contributed by atoms with van der Waals surface area (Å²) in [4.78, 5) is 56.9. The summed E-state index contributed by atoms with van der Waals surface area (Å²) in [7, 11) is 0. The van der Waals surface area contributed by atoms with E-state index in [1.54, 1.807) is 46.4 Å². The number of carbonyl (C=O) groups is 4. The molecule has 0 aliphatic carbocycles. The van der Waals surface area contributed by atoms with E-state index in [9.17, 15) is 19.2 Å². The van der Waals surface area contributed by atoms with Crippen LogP contribution in [-0.4, -0.2) is 58.6 Å². The molecule has 0 radical (unpaired) electrons. The summed E-state index contributed by atoms with van der Waals surface area (Å²) in [6.07, 6.45) is 1.25. The quantitative estimate of drug-likeness (QED) is 0.224. The molecule has 254 valence electrons. The molecule has 3 atom stereocenters. The molecule has 9 nitrogen and oxygen atoms in total. The van der Waals surface area contributed by atoms with Crippen LogP contribution in [-0.2, 0) is 30.3 Å². The van der Waals surface area contributed by atoms with Gasteiger partial charge in [0.25, 0.3) is 0 Å². The lowest BCUT2D eigenvalue weighted by Gasteiger charge is -2.36. The second-order valence-electron chi connectivity index (χ2n) is 14.3. The average Bonchev–Trinajstić information content (AvgIpc) is 2.93. The van der Waals surface area contributed by atoms with Gasteiger partial charge in [0.05, 0.1) is 0 Å². The molecule has 3 amide bonds. The predicted molar refractivity (Wildman–Crippen MR) is 181 cm³/mol. The van der Waals surface area contributed by atoms with Crippen LogP contribution in [0.4, 0.5) is 4.79 Å². The number of hydrogen-bond donors (Lipinski definition) is 2. The van der Waals surface area contributed by atoms with Crippen molar-refractivity contribution in [3.8, 4) is 0 Å². The Labute approximate surface area is 275 Å². The van der Waals surface area contributed by atoms with Gasteiger partial charge in [-0.3, -0.25) is 9.59 Å². The maximum absolute atomic E-state index is 14.5. The number of esters is 1. The van der Waals surface area contributed by atoms with Crippen LogP contribution in [0.15, 0.2) is 54.6 Å². The molecule has 0 aliphatic heterocycles. The number of aryl methyl sites for hydroxylation is 1. The number of nitrogens with one attached hydrogen (secondary N) is 2. The first-order valence-electron chi connectivity index (χ1n) is 16.3. The largest absolute Gasteiger partial charge is 0.458 e. The van der Waals surface area contributed by atoms with Crippen LogP contribution in [0.25, 0.3) is 0 Å². The topological polar surface area (TPSA) is 114 Å². The number of rotatable bonds is 14. The first kappa shape index (κ1) is 38.3. The number of amides is 3. The minimum Gasteiger partial charge on any atom is -0.458 e. The summed E-state index contributed by atoms with van der Waals surface area (Å²) in [5, 5.41) is 5.74. The third kappa shape index (κ3) is 12.9. The monoisotopic (exact) mass is 637 g/mol. The van der Waals surface area contributed by atoms with Gasteiger partial charge in [0, 0.05) is 13.0 Å². The molecule has 0 heterocycles. The molecule has 0 aromatic heterocycles. The third-order valence-electron chi connectivity index (χ3n) is 7.07. The molecule has 46 heavy (non-hydrogen) atoms. The first-order chi connectivity index (χ1) is 21.4. The maximum Gasteiger partial charge on any atom is 0.408 e. The van der Waals surface area contributed by atoms with Gasteiger partial charge in [0.15, 0.2) is 0 Å². The summed E-state index contributed by atoms with van der Waals surface area (Å²) < 4.78 is 11.2. The second-order valence-corrected chi connectivity index (χ2v) is 14.3. The number of alkyl carbamates (subject to hydrolysis) is 1. The average molecular weight is 638 g/mol. The van der Waals surface area contributed by atoms with Crippen LogP contribution < -0.4 is 10.6 Å². The standard InChI is InChI=1S/C37H55N3O6/c1-11-12-22-40(33(42)29(23-25(2)3)39-35(44)46-37(8,9)10)31(28-21-17-16-18-26(28)4)32(41)38-30(34(43)45-36(5,6)7)24-27-19-14-13-15-20-27/h13-21,25,29-31H,11-12,22-24H2,1-10H3,(H,38,41)(H,39,44). The van der Waals surface area contributed by atoms with Gasteiger partial charge in [-0.15, -0.1) is 0 Å². The van der Waals surface area contributed by atoms with E-state index in [0.29, 0.717) is 18.4 Å². The summed E-state index contributed by atoms with van der Waals surface area (Å²) in [5.41, 5.74) is 0.772. The summed E-state index contributed by atoms with van der Waals surface area (Å²) in [6.45, 7) is 18.7. The van der Waals surface area contributed by atoms with Gasteiger partial charge >= 0.3 is 12.1 Å². The molecule has 0 fully saturated rings. The van der Waals surface area contributed by atoms with Gasteiger partial charge < -0.3 is 25.0 Å². The van der Waals surface area contributed by atoms with Crippen LogP contribution in [0.5, 0.6) is 0 Å². The van der Waals surface area contributed by atoms with Gasteiger partial charge in [0.1, 0.15) is 29.3 Å². The van der Waals surface area contributed by atoms with Gasteiger partial charge in [-0.25, -0.2) is 9.59 Å². The van der Waals surface area contributed by atoms with Crippen LogP contribution in [0.3, 0.4) is 0 Å². The summed E-state index contributed by atoms with van der Waals surface area (Å²) in [6, 6.07) is 13.8. The van der Waals surface area contributed by atoms with Crippen molar-refractivity contribution in [1.29, 1.82) is 0 Å². The molecule has 9 heteroatoms. The molecule has 0 spiro atoms. The van der Waals surface area contributed by atoms with Crippen LogP contribution in [0.2, 0.25) is 0 Å². The molecule has 0 aliphatic rings. The minimum atomic E-state index is -1.07. The lowest BCUT2D eigenvalue weighted by atomic mass is 9.95. The Bertz CT molecular complexity index is 1300. The molecule has 3 unspecified atom stereocenters. The molecule has 0 saturated heterocycles. The van der Waals surface area contributed by atoms with Crippen LogP contribution in [0, 0.1) is 12.8 Å². The Morgan fingerprint density at radius 1 is 0.804 bits per heavy atom. The van der Waals surface area contributed by atoms with Gasteiger partial charge in [-0.1, -0.05) is 81.8 Å². The highest BCUT2D eigenvalue weighted by atomic mass is 16.6. The number of benzene rings is 2. The second kappa shape index (κ2) is 17.2. The first-order valence-corrected chi connectivity index (χ1v) is 16.3. The Hall–Kier alpha value is -3.88. The van der Waals surface area contributed by atoms with Crippen LogP contribution >= 0.6 is 0 Å². The van der Waals surface area contributed by atoms with E-state index >= 15 is 0 Å². The highest BCUT2D eigenvalue weighted by Crippen LogP contribution is 2.27.